The van der Waals surface area contributed by atoms with Crippen molar-refractivity contribution in [1.82, 2.24) is 14.5 Å². The number of halogens is 1. The monoisotopic (exact) mass is 510 g/mol. The van der Waals surface area contributed by atoms with Gasteiger partial charge in [0.1, 0.15) is 5.76 Å². The van der Waals surface area contributed by atoms with Crippen LogP contribution in [0.15, 0.2) is 77.3 Å². The van der Waals surface area contributed by atoms with E-state index in [1.54, 1.807) is 43.0 Å². The molecule has 9 nitrogen and oxygen atoms in total. The van der Waals surface area contributed by atoms with Crippen molar-refractivity contribution in [1.29, 1.82) is 0 Å². The number of rotatable bonds is 7. The summed E-state index contributed by atoms with van der Waals surface area (Å²) in [5.41, 5.74) is 0.741. The van der Waals surface area contributed by atoms with Gasteiger partial charge in [-0.25, -0.2) is 4.98 Å². The first-order valence-electron chi connectivity index (χ1n) is 10.1. The Balaban J connectivity index is 1.74. The third-order valence-electron chi connectivity index (χ3n) is 5.45. The molecule has 0 bridgehead atoms. The molecule has 4 rings (SSSR count). The molecule has 3 aromatic rings. The van der Waals surface area contributed by atoms with E-state index in [2.05, 4.69) is 20.9 Å². The molecule has 2 heterocycles. The van der Waals surface area contributed by atoms with Gasteiger partial charge in [0.15, 0.2) is 0 Å². The number of amides is 1. The second-order valence-corrected chi connectivity index (χ2v) is 8.42. The average Bonchev–Trinajstić information content (AvgIpc) is 3.41. The number of benzene rings is 2. The lowest BCUT2D eigenvalue weighted by Crippen LogP contribution is -2.31. The number of aliphatic hydroxyl groups excluding tert-OH is 1. The van der Waals surface area contributed by atoms with E-state index in [9.17, 15) is 24.8 Å². The molecule has 1 aromatic heterocycles. The number of nitrogens with zero attached hydrogens (tertiary/aromatic N) is 4. The number of non-ortho nitro benzene ring substituents is 1. The van der Waals surface area contributed by atoms with Crippen molar-refractivity contribution in [2.45, 2.75) is 19.0 Å². The zero-order valence-electron chi connectivity index (χ0n) is 17.3. The van der Waals surface area contributed by atoms with Gasteiger partial charge >= 0.3 is 0 Å². The van der Waals surface area contributed by atoms with Crippen LogP contribution in [0.5, 0.6) is 0 Å². The van der Waals surface area contributed by atoms with E-state index >= 15 is 0 Å². The highest BCUT2D eigenvalue weighted by Crippen LogP contribution is 2.40. The zero-order valence-corrected chi connectivity index (χ0v) is 18.9. The highest BCUT2D eigenvalue weighted by atomic mass is 79.9. The molecule has 10 heteroatoms. The fourth-order valence-corrected chi connectivity index (χ4v) is 4.11. The van der Waals surface area contributed by atoms with Gasteiger partial charge in [0, 0.05) is 47.7 Å². The van der Waals surface area contributed by atoms with Crippen LogP contribution in [-0.4, -0.2) is 42.7 Å². The van der Waals surface area contributed by atoms with Crippen LogP contribution in [0, 0.1) is 10.1 Å². The maximum atomic E-state index is 13.0. The number of imidazole rings is 1. The molecule has 1 amide bonds. The molecule has 33 heavy (non-hydrogen) atoms. The van der Waals surface area contributed by atoms with Crippen molar-refractivity contribution in [2.75, 3.05) is 6.54 Å². The predicted molar refractivity (Wildman–Crippen MR) is 123 cm³/mol. The molecule has 0 radical (unpaired) electrons. The van der Waals surface area contributed by atoms with Gasteiger partial charge in [-0.05, 0) is 36.2 Å². The third kappa shape index (κ3) is 4.56. The quantitative estimate of drug-likeness (QED) is 0.168. The third-order valence-corrected chi connectivity index (χ3v) is 5.98. The lowest BCUT2D eigenvalue weighted by Gasteiger charge is -2.25. The first kappa shape index (κ1) is 22.4. The van der Waals surface area contributed by atoms with E-state index < -0.39 is 22.7 Å². The van der Waals surface area contributed by atoms with E-state index in [1.807, 2.05) is 4.57 Å². The lowest BCUT2D eigenvalue weighted by molar-refractivity contribution is -0.384. The molecule has 1 fully saturated rings. The summed E-state index contributed by atoms with van der Waals surface area (Å²) in [6.07, 6.45) is 5.66. The van der Waals surface area contributed by atoms with E-state index in [4.69, 9.17) is 0 Å². The van der Waals surface area contributed by atoms with Crippen LogP contribution in [0.1, 0.15) is 23.6 Å². The van der Waals surface area contributed by atoms with Crippen LogP contribution in [0.4, 0.5) is 5.69 Å². The van der Waals surface area contributed by atoms with Gasteiger partial charge in [0.25, 0.3) is 17.4 Å². The SMILES string of the molecule is O=C1C(=O)N(CCCn2ccnc2)C(c2ccc([N+](=O)[O-])cc2)/C1=C(/O)c1ccc(Br)cc1. The Bertz CT molecular complexity index is 1220. The number of carbonyl (C=O) groups excluding carboxylic acids is 2. The number of nitro benzene ring substituents is 1. The first-order chi connectivity index (χ1) is 15.9. The molecule has 1 aliphatic heterocycles. The maximum absolute atomic E-state index is 13.0. The Hall–Kier alpha value is -3.79. The summed E-state index contributed by atoms with van der Waals surface area (Å²) in [5, 5.41) is 22.1. The van der Waals surface area contributed by atoms with E-state index in [-0.39, 0.29) is 23.6 Å². The Labute approximate surface area is 197 Å². The van der Waals surface area contributed by atoms with Crippen molar-refractivity contribution >= 4 is 39.1 Å². The molecule has 168 valence electrons. The number of nitro groups is 1. The molecule has 1 unspecified atom stereocenters. The summed E-state index contributed by atoms with van der Waals surface area (Å²) in [7, 11) is 0. The van der Waals surface area contributed by atoms with E-state index in [1.165, 1.54) is 29.2 Å². The second kappa shape index (κ2) is 9.37. The highest BCUT2D eigenvalue weighted by Gasteiger charge is 2.45. The molecule has 0 saturated carbocycles. The number of aromatic nitrogens is 2. The number of ketones is 1. The summed E-state index contributed by atoms with van der Waals surface area (Å²) >= 11 is 3.33. The zero-order chi connectivity index (χ0) is 23.5. The number of carbonyl (C=O) groups is 2. The van der Waals surface area contributed by atoms with Crippen LogP contribution in [0.25, 0.3) is 5.76 Å². The molecule has 1 saturated heterocycles. The summed E-state index contributed by atoms with van der Waals surface area (Å²) in [5.74, 6) is -1.80. The number of Topliss-reactive ketones (excluding diaryl/α,β-unsaturated/α-hetero) is 1. The van der Waals surface area contributed by atoms with Crippen LogP contribution in [0.2, 0.25) is 0 Å². The minimum absolute atomic E-state index is 0.0428. The summed E-state index contributed by atoms with van der Waals surface area (Å²) in [4.78, 5) is 41.9. The molecular weight excluding hydrogens is 492 g/mol. The molecule has 1 N–H and O–H groups in total. The number of aryl methyl sites for hydroxylation is 1. The fourth-order valence-electron chi connectivity index (χ4n) is 3.84. The Morgan fingerprint density at radius 3 is 2.39 bits per heavy atom. The predicted octanol–water partition coefficient (Wildman–Crippen LogP) is 4.07. The maximum Gasteiger partial charge on any atom is 0.295 e. The standard InChI is InChI=1S/C23H19BrN4O5/c24-17-6-2-16(3-7-17)21(29)19-20(15-4-8-18(9-5-15)28(32)33)27(23(31)22(19)30)12-1-11-26-13-10-25-14-26/h2-10,13-14,20,29H,1,11-12H2/b21-19-. The average molecular weight is 511 g/mol. The number of hydrogen-bond acceptors (Lipinski definition) is 6. The molecule has 0 spiro atoms. The number of aliphatic hydroxyl groups is 1. The van der Waals surface area contributed by atoms with Gasteiger partial charge < -0.3 is 14.6 Å². The summed E-state index contributed by atoms with van der Waals surface area (Å²) in [6.45, 7) is 0.838. The van der Waals surface area contributed by atoms with Crippen molar-refractivity contribution in [3.8, 4) is 0 Å². The van der Waals surface area contributed by atoms with Crippen LogP contribution in [-0.2, 0) is 16.1 Å². The van der Waals surface area contributed by atoms with Crippen molar-refractivity contribution < 1.29 is 19.6 Å². The first-order valence-corrected chi connectivity index (χ1v) is 10.9. The Morgan fingerprint density at radius 2 is 1.79 bits per heavy atom. The number of likely N-dealkylation sites (tertiary alicyclic amines) is 1. The smallest absolute Gasteiger partial charge is 0.295 e. The van der Waals surface area contributed by atoms with Gasteiger partial charge in [-0.15, -0.1) is 0 Å². The lowest BCUT2D eigenvalue weighted by atomic mass is 9.95. The topological polar surface area (TPSA) is 119 Å². The largest absolute Gasteiger partial charge is 0.507 e. The Kier molecular flexibility index (Phi) is 6.36. The minimum atomic E-state index is -0.864. The van der Waals surface area contributed by atoms with Crippen LogP contribution < -0.4 is 0 Å². The summed E-state index contributed by atoms with van der Waals surface area (Å²) in [6, 6.07) is 11.5. The minimum Gasteiger partial charge on any atom is -0.507 e. The summed E-state index contributed by atoms with van der Waals surface area (Å²) < 4.78 is 2.66. The van der Waals surface area contributed by atoms with Crippen molar-refractivity contribution in [3.63, 3.8) is 0 Å². The molecule has 0 aliphatic carbocycles. The number of hydrogen-bond donors (Lipinski definition) is 1. The van der Waals surface area contributed by atoms with Crippen molar-refractivity contribution in [2.24, 2.45) is 0 Å². The van der Waals surface area contributed by atoms with Crippen LogP contribution >= 0.6 is 15.9 Å². The highest BCUT2D eigenvalue weighted by molar-refractivity contribution is 9.10. The normalized spacial score (nSPS) is 17.5. The second-order valence-electron chi connectivity index (χ2n) is 7.50. The van der Waals surface area contributed by atoms with E-state index in [0.29, 0.717) is 24.1 Å². The fraction of sp³-hybridized carbons (Fsp3) is 0.174. The van der Waals surface area contributed by atoms with Crippen molar-refractivity contribution in [3.05, 3.63) is 98.5 Å². The van der Waals surface area contributed by atoms with E-state index in [0.717, 1.165) is 4.47 Å². The van der Waals surface area contributed by atoms with Gasteiger partial charge in [-0.3, -0.25) is 19.7 Å². The van der Waals surface area contributed by atoms with Gasteiger partial charge in [-0.2, -0.15) is 0 Å². The Morgan fingerprint density at radius 1 is 1.09 bits per heavy atom. The molecular formula is C23H19BrN4O5. The molecule has 1 atom stereocenters. The van der Waals surface area contributed by atoms with Gasteiger partial charge in [0.05, 0.1) is 22.9 Å². The molecule has 1 aliphatic rings. The van der Waals surface area contributed by atoms with Crippen LogP contribution in [0.3, 0.4) is 0 Å². The van der Waals surface area contributed by atoms with Gasteiger partial charge in [-0.1, -0.05) is 28.1 Å². The molecule has 2 aromatic carbocycles. The van der Waals surface area contributed by atoms with Gasteiger partial charge in [0.2, 0.25) is 0 Å².